The Balaban J connectivity index is 1.84. The van der Waals surface area contributed by atoms with Gasteiger partial charge in [-0.3, -0.25) is 15.0 Å². The maximum absolute atomic E-state index is 13.2. The lowest BCUT2D eigenvalue weighted by molar-refractivity contribution is -0.135. The topological polar surface area (TPSA) is 104 Å². The molecule has 3 atom stereocenters. The Morgan fingerprint density at radius 3 is 2.42 bits per heavy atom. The van der Waals surface area contributed by atoms with Crippen LogP contribution in [0.2, 0.25) is 0 Å². The number of ether oxygens (including phenoxy) is 1. The molecule has 0 aliphatic heterocycles. The van der Waals surface area contributed by atoms with E-state index in [1.54, 1.807) is 17.6 Å². The van der Waals surface area contributed by atoms with Crippen LogP contribution >= 0.6 is 0 Å². The van der Waals surface area contributed by atoms with Gasteiger partial charge >= 0.3 is 0 Å². The highest BCUT2D eigenvalue weighted by atomic mass is 19.1. The second-order valence-electron chi connectivity index (χ2n) is 7.27. The summed E-state index contributed by atoms with van der Waals surface area (Å²) in [5.41, 5.74) is 3.00. The van der Waals surface area contributed by atoms with Crippen molar-refractivity contribution in [2.24, 2.45) is 5.92 Å². The third kappa shape index (κ3) is 7.95. The van der Waals surface area contributed by atoms with Gasteiger partial charge < -0.3 is 15.2 Å². The van der Waals surface area contributed by atoms with Crippen molar-refractivity contribution in [2.45, 2.75) is 37.8 Å². The number of hydroxylamine groups is 1. The number of unbranched alkanes of at least 4 members (excludes halogenated alkanes) is 1. The van der Waals surface area contributed by atoms with Crippen molar-refractivity contribution in [3.8, 4) is 0 Å². The molecule has 1 aromatic carbocycles. The summed E-state index contributed by atoms with van der Waals surface area (Å²) >= 11 is 0. The van der Waals surface area contributed by atoms with Crippen LogP contribution in [0.15, 0.2) is 42.6 Å². The molecule has 170 valence electrons. The number of halogens is 2. The van der Waals surface area contributed by atoms with Gasteiger partial charge in [0.05, 0.1) is 30.6 Å². The van der Waals surface area contributed by atoms with E-state index in [4.69, 9.17) is 9.94 Å². The summed E-state index contributed by atoms with van der Waals surface area (Å²) in [7, 11) is 1.52. The lowest BCUT2D eigenvalue weighted by atomic mass is 9.91. The Labute approximate surface area is 180 Å². The van der Waals surface area contributed by atoms with Crippen LogP contribution < -0.4 is 10.8 Å². The summed E-state index contributed by atoms with van der Waals surface area (Å²) in [4.78, 5) is 16.1. The van der Waals surface area contributed by atoms with Gasteiger partial charge in [-0.15, -0.1) is 0 Å². The van der Waals surface area contributed by atoms with Crippen LogP contribution in [0.5, 0.6) is 0 Å². The van der Waals surface area contributed by atoms with Crippen LogP contribution in [-0.2, 0) is 9.53 Å². The van der Waals surface area contributed by atoms with Gasteiger partial charge in [0.2, 0.25) is 5.91 Å². The number of rotatable bonds is 13. The summed E-state index contributed by atoms with van der Waals surface area (Å²) in [6, 6.07) is 8.29. The Hall–Kier alpha value is -2.46. The molecule has 0 saturated carbocycles. The summed E-state index contributed by atoms with van der Waals surface area (Å²) in [5, 5.41) is 21.8. The van der Waals surface area contributed by atoms with Gasteiger partial charge in [-0.2, -0.15) is 0 Å². The molecule has 1 amide bonds. The van der Waals surface area contributed by atoms with Crippen LogP contribution in [0.3, 0.4) is 0 Å². The average Bonchev–Trinajstić information content (AvgIpc) is 2.79. The molecule has 0 bridgehead atoms. The van der Waals surface area contributed by atoms with Crippen LogP contribution in [0.25, 0.3) is 0 Å². The molecule has 0 spiro atoms. The van der Waals surface area contributed by atoms with Gasteiger partial charge in [-0.1, -0.05) is 18.6 Å². The Morgan fingerprint density at radius 1 is 1.13 bits per heavy atom. The number of hydrogen-bond acceptors (Lipinski definition) is 6. The fourth-order valence-corrected chi connectivity index (χ4v) is 3.40. The number of benzene rings is 1. The minimum atomic E-state index is -0.499. The number of hydrogen-bond donors (Lipinski definition) is 4. The summed E-state index contributed by atoms with van der Waals surface area (Å²) in [5.74, 6) is -1.79. The average molecular weight is 437 g/mol. The summed E-state index contributed by atoms with van der Waals surface area (Å²) in [6.07, 6.45) is 2.92. The van der Waals surface area contributed by atoms with Gasteiger partial charge in [0, 0.05) is 13.0 Å². The second-order valence-corrected chi connectivity index (χ2v) is 7.27. The first kappa shape index (κ1) is 24.8. The Kier molecular flexibility index (Phi) is 10.5. The van der Waals surface area contributed by atoms with Crippen molar-refractivity contribution < 1.29 is 28.6 Å². The molecule has 0 fully saturated rings. The molecule has 1 heterocycles. The SMILES string of the molecule is CO[C@H](C[C@H](CCCCN[C@H](CO)c1ccc(F)cn1)C(=O)NO)c1ccc(F)cc1. The molecule has 0 saturated heterocycles. The van der Waals surface area contributed by atoms with E-state index in [0.29, 0.717) is 37.9 Å². The monoisotopic (exact) mass is 437 g/mol. The largest absolute Gasteiger partial charge is 0.394 e. The fourth-order valence-electron chi connectivity index (χ4n) is 3.40. The molecule has 0 aliphatic rings. The van der Waals surface area contributed by atoms with E-state index in [1.165, 1.54) is 31.4 Å². The van der Waals surface area contributed by atoms with Crippen molar-refractivity contribution in [2.75, 3.05) is 20.3 Å². The molecule has 2 aromatic rings. The molecule has 4 N–H and O–H groups in total. The molecule has 31 heavy (non-hydrogen) atoms. The van der Waals surface area contributed by atoms with Crippen molar-refractivity contribution in [3.63, 3.8) is 0 Å². The predicted octanol–water partition coefficient (Wildman–Crippen LogP) is 3.05. The van der Waals surface area contributed by atoms with Gasteiger partial charge in [0.25, 0.3) is 0 Å². The van der Waals surface area contributed by atoms with Gasteiger partial charge in [0.1, 0.15) is 11.6 Å². The van der Waals surface area contributed by atoms with Crippen molar-refractivity contribution >= 4 is 5.91 Å². The van der Waals surface area contributed by atoms with Crippen LogP contribution in [0, 0.1) is 17.6 Å². The predicted molar refractivity (Wildman–Crippen MR) is 110 cm³/mol. The zero-order valence-corrected chi connectivity index (χ0v) is 17.4. The van der Waals surface area contributed by atoms with Crippen molar-refractivity contribution in [1.29, 1.82) is 0 Å². The highest BCUT2D eigenvalue weighted by molar-refractivity contribution is 5.77. The van der Waals surface area contributed by atoms with Crippen LogP contribution in [0.4, 0.5) is 8.78 Å². The Bertz CT molecular complexity index is 790. The first-order valence-corrected chi connectivity index (χ1v) is 10.2. The number of aromatic nitrogens is 1. The standard InChI is InChI=1S/C22H29F2N3O4/c1-31-21(15-5-7-17(23)8-6-15)12-16(22(29)27-30)4-2-3-11-25-20(14-28)19-10-9-18(24)13-26-19/h5-10,13,16,20-21,25,28,30H,2-4,11-12,14H2,1H3,(H,27,29)/t16-,20+,21+/m0/s1. The quantitative estimate of drug-likeness (QED) is 0.218. The molecule has 0 radical (unpaired) electrons. The minimum absolute atomic E-state index is 0.179. The highest BCUT2D eigenvalue weighted by Crippen LogP contribution is 2.27. The van der Waals surface area contributed by atoms with Crippen LogP contribution in [0.1, 0.15) is 49.1 Å². The number of aliphatic hydroxyl groups is 1. The van der Waals surface area contributed by atoms with E-state index >= 15 is 0 Å². The maximum Gasteiger partial charge on any atom is 0.246 e. The molecule has 0 unspecified atom stereocenters. The zero-order valence-electron chi connectivity index (χ0n) is 17.4. The molecular weight excluding hydrogens is 408 g/mol. The lowest BCUT2D eigenvalue weighted by Gasteiger charge is -2.22. The van der Waals surface area contributed by atoms with E-state index in [2.05, 4.69) is 10.3 Å². The number of aliphatic hydroxyl groups excluding tert-OH is 1. The van der Waals surface area contributed by atoms with E-state index < -0.39 is 29.8 Å². The van der Waals surface area contributed by atoms with Gasteiger partial charge in [-0.25, -0.2) is 14.3 Å². The molecule has 9 heteroatoms. The molecule has 2 rings (SSSR count). The number of nitrogens with one attached hydrogen (secondary N) is 2. The molecule has 1 aromatic heterocycles. The summed E-state index contributed by atoms with van der Waals surface area (Å²) < 4.78 is 31.6. The normalized spacial score (nSPS) is 14.1. The number of amides is 1. The van der Waals surface area contributed by atoms with E-state index in [0.717, 1.165) is 11.8 Å². The first-order chi connectivity index (χ1) is 15.0. The number of pyridine rings is 1. The Morgan fingerprint density at radius 2 is 1.84 bits per heavy atom. The van der Waals surface area contributed by atoms with E-state index in [1.807, 2.05) is 0 Å². The molecule has 0 aliphatic carbocycles. The fraction of sp³-hybridized carbons (Fsp3) is 0.455. The van der Waals surface area contributed by atoms with Crippen molar-refractivity contribution in [1.82, 2.24) is 15.8 Å². The minimum Gasteiger partial charge on any atom is -0.394 e. The second kappa shape index (κ2) is 13.1. The van der Waals surface area contributed by atoms with Gasteiger partial charge in [-0.05, 0) is 55.6 Å². The number of carbonyl (C=O) groups excluding carboxylic acids is 1. The van der Waals surface area contributed by atoms with E-state index in [-0.39, 0.29) is 12.4 Å². The first-order valence-electron chi connectivity index (χ1n) is 10.2. The van der Waals surface area contributed by atoms with Crippen molar-refractivity contribution in [3.05, 3.63) is 65.5 Å². The third-order valence-corrected chi connectivity index (χ3v) is 5.17. The molecule has 7 nitrogen and oxygen atoms in total. The lowest BCUT2D eigenvalue weighted by Crippen LogP contribution is -2.30. The maximum atomic E-state index is 13.2. The molecular formula is C22H29F2N3O4. The van der Waals surface area contributed by atoms with E-state index in [9.17, 15) is 18.7 Å². The van der Waals surface area contributed by atoms with Gasteiger partial charge in [0.15, 0.2) is 0 Å². The van der Waals surface area contributed by atoms with Crippen LogP contribution in [-0.4, -0.2) is 41.5 Å². The number of carbonyl (C=O) groups is 1. The highest BCUT2D eigenvalue weighted by Gasteiger charge is 2.24. The summed E-state index contributed by atoms with van der Waals surface area (Å²) in [6.45, 7) is 0.380. The smallest absolute Gasteiger partial charge is 0.246 e. The number of nitrogens with zero attached hydrogens (tertiary/aromatic N) is 1. The zero-order chi connectivity index (χ0) is 22.6. The number of methoxy groups -OCH3 is 1. The third-order valence-electron chi connectivity index (χ3n) is 5.17.